The second-order valence-electron chi connectivity index (χ2n) is 4.29. The highest BCUT2D eigenvalue weighted by molar-refractivity contribution is 5.88. The second kappa shape index (κ2) is 6.64. The average Bonchev–Trinajstić information content (AvgIpc) is 2.92. The summed E-state index contributed by atoms with van der Waals surface area (Å²) in [6.45, 7) is 3.27. The Kier molecular flexibility index (Phi) is 4.61. The molecule has 0 unspecified atom stereocenters. The molecule has 2 rings (SSSR count). The van der Waals surface area contributed by atoms with Crippen molar-refractivity contribution in [3.8, 4) is 0 Å². The highest BCUT2D eigenvalue weighted by Gasteiger charge is 2.09. The molecule has 1 heterocycles. The number of rotatable bonds is 6. The molecule has 0 atom stereocenters. The van der Waals surface area contributed by atoms with Crippen LogP contribution in [0.1, 0.15) is 29.4 Å². The molecule has 2 N–H and O–H groups in total. The predicted molar refractivity (Wildman–Crippen MR) is 75.1 cm³/mol. The molecule has 0 spiro atoms. The third kappa shape index (κ3) is 3.88. The van der Waals surface area contributed by atoms with Crippen LogP contribution in [-0.4, -0.2) is 17.5 Å². The quantitative estimate of drug-likeness (QED) is 0.782. The highest BCUT2D eigenvalue weighted by atomic mass is 16.5. The van der Waals surface area contributed by atoms with Gasteiger partial charge in [0, 0.05) is 12.7 Å². The molecule has 0 saturated carbocycles. The Morgan fingerprint density at radius 2 is 2.11 bits per heavy atom. The van der Waals surface area contributed by atoms with Crippen LogP contribution in [-0.2, 0) is 11.3 Å². The number of esters is 1. The Morgan fingerprint density at radius 1 is 1.32 bits per heavy atom. The van der Waals surface area contributed by atoms with Gasteiger partial charge in [0.25, 0.3) is 0 Å². The molecule has 0 fully saturated rings. The zero-order valence-electron chi connectivity index (χ0n) is 11.0. The number of anilines is 1. The molecule has 0 bridgehead atoms. The lowest BCUT2D eigenvalue weighted by Crippen LogP contribution is -2.05. The zero-order chi connectivity index (χ0) is 13.5. The normalized spacial score (nSPS) is 10.2. The number of aromatic nitrogens is 1. The number of aromatic amines is 1. The molecule has 4 heteroatoms. The van der Waals surface area contributed by atoms with Gasteiger partial charge in [-0.05, 0) is 18.1 Å². The Labute approximate surface area is 112 Å². The van der Waals surface area contributed by atoms with Crippen LogP contribution in [0.2, 0.25) is 0 Å². The van der Waals surface area contributed by atoms with E-state index in [2.05, 4.69) is 17.2 Å². The zero-order valence-corrected chi connectivity index (χ0v) is 11.0. The van der Waals surface area contributed by atoms with Gasteiger partial charge in [0.2, 0.25) is 0 Å². The van der Waals surface area contributed by atoms with Crippen LogP contribution in [0.25, 0.3) is 0 Å². The van der Waals surface area contributed by atoms with E-state index in [0.717, 1.165) is 24.2 Å². The van der Waals surface area contributed by atoms with Gasteiger partial charge >= 0.3 is 5.97 Å². The van der Waals surface area contributed by atoms with Gasteiger partial charge in [-0.3, -0.25) is 0 Å². The van der Waals surface area contributed by atoms with E-state index in [4.69, 9.17) is 4.74 Å². The van der Waals surface area contributed by atoms with Crippen molar-refractivity contribution in [2.75, 3.05) is 11.9 Å². The van der Waals surface area contributed by atoms with Gasteiger partial charge in [-0.25, -0.2) is 4.79 Å². The number of benzene rings is 1. The lowest BCUT2D eigenvalue weighted by molar-refractivity contribution is 0.0466. The van der Waals surface area contributed by atoms with E-state index in [1.165, 1.54) is 0 Å². The molecular formula is C15H18N2O2. The summed E-state index contributed by atoms with van der Waals surface area (Å²) in [6.07, 6.45) is 2.81. The number of carbonyl (C=O) groups is 1. The van der Waals surface area contributed by atoms with Gasteiger partial charge in [-0.15, -0.1) is 0 Å². The molecule has 0 aliphatic carbocycles. The molecule has 0 amide bonds. The van der Waals surface area contributed by atoms with Crippen LogP contribution in [0.3, 0.4) is 0 Å². The number of hydrogen-bond donors (Lipinski definition) is 2. The average molecular weight is 258 g/mol. The van der Waals surface area contributed by atoms with Gasteiger partial charge in [0.1, 0.15) is 12.3 Å². The van der Waals surface area contributed by atoms with Crippen LogP contribution in [0.15, 0.2) is 42.6 Å². The fraction of sp³-hybridized carbons (Fsp3) is 0.267. The van der Waals surface area contributed by atoms with Gasteiger partial charge in [0.15, 0.2) is 0 Å². The van der Waals surface area contributed by atoms with Crippen LogP contribution in [0.5, 0.6) is 0 Å². The summed E-state index contributed by atoms with van der Waals surface area (Å²) in [5, 5.41) is 3.20. The Hall–Kier alpha value is -2.23. The molecule has 2 aromatic rings. The second-order valence-corrected chi connectivity index (χ2v) is 4.29. The highest BCUT2D eigenvalue weighted by Crippen LogP contribution is 2.11. The number of hydrogen-bond acceptors (Lipinski definition) is 3. The van der Waals surface area contributed by atoms with Crippen LogP contribution >= 0.6 is 0 Å². The number of ether oxygens (including phenoxy) is 1. The molecule has 0 aliphatic rings. The minimum Gasteiger partial charge on any atom is -0.456 e. The smallest absolute Gasteiger partial charge is 0.355 e. The standard InChI is InChI=1S/C15H18N2O2/c1-2-8-16-13-9-14(17-10-13)15(18)19-11-12-6-4-3-5-7-12/h3-7,9-10,16-17H,2,8,11H2,1H3. The topological polar surface area (TPSA) is 54.1 Å². The molecule has 1 aromatic heterocycles. The summed E-state index contributed by atoms with van der Waals surface area (Å²) in [5.41, 5.74) is 2.36. The third-order valence-electron chi connectivity index (χ3n) is 2.69. The maximum Gasteiger partial charge on any atom is 0.355 e. The SMILES string of the molecule is CCCNc1c[nH]c(C(=O)OCc2ccccc2)c1. The molecule has 19 heavy (non-hydrogen) atoms. The number of carbonyl (C=O) groups excluding carboxylic acids is 1. The first kappa shape index (κ1) is 13.2. The Bertz CT molecular complexity index is 520. The van der Waals surface area contributed by atoms with Crippen molar-refractivity contribution in [2.24, 2.45) is 0 Å². The monoisotopic (exact) mass is 258 g/mol. The van der Waals surface area contributed by atoms with Crippen molar-refractivity contribution in [1.29, 1.82) is 0 Å². The molecule has 0 saturated heterocycles. The van der Waals surface area contributed by atoms with E-state index in [9.17, 15) is 4.79 Å². The fourth-order valence-corrected chi connectivity index (χ4v) is 1.68. The molecule has 100 valence electrons. The first-order chi connectivity index (χ1) is 9.29. The fourth-order valence-electron chi connectivity index (χ4n) is 1.68. The van der Waals surface area contributed by atoms with Gasteiger partial charge in [-0.2, -0.15) is 0 Å². The van der Waals surface area contributed by atoms with Crippen molar-refractivity contribution in [3.63, 3.8) is 0 Å². The Morgan fingerprint density at radius 3 is 2.84 bits per heavy atom. The molecular weight excluding hydrogens is 240 g/mol. The van der Waals surface area contributed by atoms with Crippen molar-refractivity contribution < 1.29 is 9.53 Å². The van der Waals surface area contributed by atoms with E-state index in [1.54, 1.807) is 12.3 Å². The summed E-state index contributed by atoms with van der Waals surface area (Å²) in [5.74, 6) is -0.339. The molecule has 0 aliphatic heterocycles. The summed E-state index contributed by atoms with van der Waals surface area (Å²) in [7, 11) is 0. The summed E-state index contributed by atoms with van der Waals surface area (Å²) in [6, 6.07) is 11.4. The maximum atomic E-state index is 11.8. The molecule has 1 aromatic carbocycles. The van der Waals surface area contributed by atoms with E-state index in [1.807, 2.05) is 30.3 Å². The van der Waals surface area contributed by atoms with Crippen molar-refractivity contribution in [1.82, 2.24) is 4.98 Å². The molecule has 0 radical (unpaired) electrons. The minimum atomic E-state index is -0.339. The van der Waals surface area contributed by atoms with Crippen molar-refractivity contribution in [3.05, 3.63) is 53.9 Å². The van der Waals surface area contributed by atoms with Crippen LogP contribution in [0.4, 0.5) is 5.69 Å². The first-order valence-electron chi connectivity index (χ1n) is 6.43. The van der Waals surface area contributed by atoms with Crippen LogP contribution < -0.4 is 5.32 Å². The first-order valence-corrected chi connectivity index (χ1v) is 6.43. The lowest BCUT2D eigenvalue weighted by Gasteiger charge is -2.03. The minimum absolute atomic E-state index is 0.288. The summed E-state index contributed by atoms with van der Waals surface area (Å²) in [4.78, 5) is 14.7. The van der Waals surface area contributed by atoms with Gasteiger partial charge in [0.05, 0.1) is 5.69 Å². The van der Waals surface area contributed by atoms with E-state index in [-0.39, 0.29) is 12.6 Å². The largest absolute Gasteiger partial charge is 0.456 e. The van der Waals surface area contributed by atoms with E-state index in [0.29, 0.717) is 5.69 Å². The van der Waals surface area contributed by atoms with E-state index >= 15 is 0 Å². The van der Waals surface area contributed by atoms with Gasteiger partial charge in [-0.1, -0.05) is 37.3 Å². The number of H-pyrrole nitrogens is 1. The van der Waals surface area contributed by atoms with E-state index < -0.39 is 0 Å². The summed E-state index contributed by atoms with van der Waals surface area (Å²) < 4.78 is 5.23. The third-order valence-corrected chi connectivity index (χ3v) is 2.69. The van der Waals surface area contributed by atoms with Crippen molar-refractivity contribution in [2.45, 2.75) is 20.0 Å². The maximum absolute atomic E-state index is 11.8. The number of nitrogens with one attached hydrogen (secondary N) is 2. The lowest BCUT2D eigenvalue weighted by atomic mass is 10.2. The predicted octanol–water partition coefficient (Wildman–Crippen LogP) is 3.19. The Balaban J connectivity index is 1.87. The molecule has 4 nitrogen and oxygen atoms in total. The van der Waals surface area contributed by atoms with Crippen LogP contribution in [0, 0.1) is 0 Å². The van der Waals surface area contributed by atoms with Gasteiger partial charge < -0.3 is 15.0 Å². The summed E-state index contributed by atoms with van der Waals surface area (Å²) >= 11 is 0. The van der Waals surface area contributed by atoms with Crippen molar-refractivity contribution >= 4 is 11.7 Å².